The Morgan fingerprint density at radius 3 is 3.00 bits per heavy atom. The highest BCUT2D eigenvalue weighted by molar-refractivity contribution is 6.31. The molecule has 3 heterocycles. The molecular formula is C18H22ClN5O. The van der Waals surface area contributed by atoms with E-state index in [0.717, 1.165) is 25.2 Å². The number of carbonyl (C=O) groups is 1. The Hall–Kier alpha value is -2.05. The zero-order valence-electron chi connectivity index (χ0n) is 14.1. The number of piperazine rings is 1. The number of fused-ring (bicyclic) bond motifs is 1. The number of rotatable bonds is 3. The van der Waals surface area contributed by atoms with Crippen LogP contribution in [-0.2, 0) is 6.54 Å². The van der Waals surface area contributed by atoms with Crippen LogP contribution >= 0.6 is 11.6 Å². The van der Waals surface area contributed by atoms with Crippen molar-refractivity contribution in [3.63, 3.8) is 0 Å². The second-order valence-corrected chi connectivity index (χ2v) is 7.08. The van der Waals surface area contributed by atoms with Gasteiger partial charge in [0, 0.05) is 36.8 Å². The van der Waals surface area contributed by atoms with Gasteiger partial charge in [0.25, 0.3) is 0 Å². The Balaban J connectivity index is 1.42. The van der Waals surface area contributed by atoms with E-state index < -0.39 is 0 Å². The molecule has 1 aromatic carbocycles. The molecule has 0 radical (unpaired) electrons. The second-order valence-electron chi connectivity index (χ2n) is 6.67. The van der Waals surface area contributed by atoms with Crippen LogP contribution in [0.2, 0.25) is 5.02 Å². The molecule has 2 amide bonds. The van der Waals surface area contributed by atoms with E-state index in [1.54, 1.807) is 10.9 Å². The highest BCUT2D eigenvalue weighted by Gasteiger charge is 2.32. The first-order chi connectivity index (χ1) is 12.2. The molecule has 2 saturated heterocycles. The summed E-state index contributed by atoms with van der Waals surface area (Å²) in [4.78, 5) is 17.1. The summed E-state index contributed by atoms with van der Waals surface area (Å²) in [6.45, 7) is 4.26. The third kappa shape index (κ3) is 3.50. The van der Waals surface area contributed by atoms with E-state index >= 15 is 0 Å². The number of hydrogen-bond acceptors (Lipinski definition) is 3. The number of nitrogens with one attached hydrogen (secondary N) is 1. The van der Waals surface area contributed by atoms with Gasteiger partial charge in [0.15, 0.2) is 0 Å². The molecule has 2 fully saturated rings. The third-order valence-corrected chi connectivity index (χ3v) is 5.47. The number of carbonyl (C=O) groups excluding carboxylic acids is 1. The van der Waals surface area contributed by atoms with Gasteiger partial charge in [-0.3, -0.25) is 10.2 Å². The summed E-state index contributed by atoms with van der Waals surface area (Å²) >= 11 is 6.23. The van der Waals surface area contributed by atoms with Crippen molar-refractivity contribution in [2.24, 2.45) is 0 Å². The number of nitrogens with zero attached hydrogens (tertiary/aromatic N) is 4. The summed E-state index contributed by atoms with van der Waals surface area (Å²) in [7, 11) is 0. The molecule has 0 aliphatic carbocycles. The first-order valence-electron chi connectivity index (χ1n) is 8.76. The number of anilines is 1. The van der Waals surface area contributed by atoms with Gasteiger partial charge in [-0.25, -0.2) is 9.48 Å². The van der Waals surface area contributed by atoms with Crippen LogP contribution < -0.4 is 5.32 Å². The molecule has 1 N–H and O–H groups in total. The van der Waals surface area contributed by atoms with Crippen molar-refractivity contribution < 1.29 is 4.79 Å². The lowest BCUT2D eigenvalue weighted by Crippen LogP contribution is -2.53. The van der Waals surface area contributed by atoms with E-state index in [-0.39, 0.29) is 6.03 Å². The van der Waals surface area contributed by atoms with Gasteiger partial charge in [-0.15, -0.1) is 0 Å². The van der Waals surface area contributed by atoms with E-state index in [4.69, 9.17) is 11.6 Å². The summed E-state index contributed by atoms with van der Waals surface area (Å²) in [5.41, 5.74) is 0.975. The second kappa shape index (κ2) is 7.06. The van der Waals surface area contributed by atoms with Crippen molar-refractivity contribution in [1.82, 2.24) is 19.6 Å². The molecule has 0 saturated carbocycles. The van der Waals surface area contributed by atoms with Crippen molar-refractivity contribution in [1.29, 1.82) is 0 Å². The van der Waals surface area contributed by atoms with Crippen molar-refractivity contribution in [3.05, 3.63) is 47.1 Å². The Kier molecular flexibility index (Phi) is 4.63. The molecule has 6 nitrogen and oxygen atoms in total. The van der Waals surface area contributed by atoms with Gasteiger partial charge in [-0.05, 0) is 31.0 Å². The number of halogens is 1. The molecule has 1 aromatic heterocycles. The van der Waals surface area contributed by atoms with Crippen molar-refractivity contribution >= 4 is 23.4 Å². The molecule has 4 rings (SSSR count). The molecule has 0 unspecified atom stereocenters. The largest absolute Gasteiger partial charge is 0.323 e. The van der Waals surface area contributed by atoms with E-state index in [1.165, 1.54) is 19.4 Å². The summed E-state index contributed by atoms with van der Waals surface area (Å²) in [5, 5.41) is 8.03. The van der Waals surface area contributed by atoms with Crippen LogP contribution in [0.3, 0.4) is 0 Å². The number of aromatic nitrogens is 2. The van der Waals surface area contributed by atoms with Crippen LogP contribution in [0.1, 0.15) is 18.4 Å². The predicted molar refractivity (Wildman–Crippen MR) is 98.0 cm³/mol. The van der Waals surface area contributed by atoms with Crippen LogP contribution in [0.15, 0.2) is 36.5 Å². The first-order valence-corrected chi connectivity index (χ1v) is 9.14. The lowest BCUT2D eigenvalue weighted by Gasteiger charge is -2.37. The fourth-order valence-electron chi connectivity index (χ4n) is 3.72. The van der Waals surface area contributed by atoms with Gasteiger partial charge in [0.1, 0.15) is 5.82 Å². The van der Waals surface area contributed by atoms with Crippen LogP contribution in [0.25, 0.3) is 0 Å². The Morgan fingerprint density at radius 1 is 1.24 bits per heavy atom. The standard InChI is InChI=1S/C18H22ClN5O/c19-16-6-2-1-4-14(16)12-24-17(7-8-20-24)21-18(25)23-11-10-22-9-3-5-15(22)13-23/h1-2,4,6-8,15H,3,5,9-13H2,(H,21,25)/t15-/m1/s1. The van der Waals surface area contributed by atoms with Gasteiger partial charge in [-0.1, -0.05) is 29.8 Å². The quantitative estimate of drug-likeness (QED) is 0.916. The predicted octanol–water partition coefficient (Wildman–Crippen LogP) is 2.90. The minimum Gasteiger partial charge on any atom is -0.322 e. The fourth-order valence-corrected chi connectivity index (χ4v) is 3.91. The lowest BCUT2D eigenvalue weighted by molar-refractivity contribution is 0.124. The summed E-state index contributed by atoms with van der Waals surface area (Å²) in [6.07, 6.45) is 4.13. The van der Waals surface area contributed by atoms with Crippen LogP contribution in [0.4, 0.5) is 10.6 Å². The molecule has 0 bridgehead atoms. The molecular weight excluding hydrogens is 338 g/mol. The van der Waals surface area contributed by atoms with Crippen LogP contribution in [0.5, 0.6) is 0 Å². The Labute approximate surface area is 152 Å². The minimum absolute atomic E-state index is 0.0486. The van der Waals surface area contributed by atoms with Crippen molar-refractivity contribution in [3.8, 4) is 0 Å². The zero-order valence-corrected chi connectivity index (χ0v) is 14.8. The maximum Gasteiger partial charge on any atom is 0.323 e. The van der Waals surface area contributed by atoms with Crippen molar-refractivity contribution in [2.45, 2.75) is 25.4 Å². The molecule has 25 heavy (non-hydrogen) atoms. The Bertz CT molecular complexity index is 761. The molecule has 2 aromatic rings. The molecule has 7 heteroatoms. The first kappa shape index (κ1) is 16.4. The van der Waals surface area contributed by atoms with E-state index in [1.807, 2.05) is 35.2 Å². The van der Waals surface area contributed by atoms with E-state index in [2.05, 4.69) is 15.3 Å². The maximum atomic E-state index is 12.7. The van der Waals surface area contributed by atoms with Gasteiger partial charge in [0.05, 0.1) is 12.7 Å². The molecule has 0 spiro atoms. The highest BCUT2D eigenvalue weighted by Crippen LogP contribution is 2.22. The molecule has 2 aliphatic heterocycles. The fraction of sp³-hybridized carbons (Fsp3) is 0.444. The monoisotopic (exact) mass is 359 g/mol. The summed E-state index contributed by atoms with van der Waals surface area (Å²) in [5.74, 6) is 0.693. The zero-order chi connectivity index (χ0) is 17.2. The number of benzene rings is 1. The highest BCUT2D eigenvalue weighted by atomic mass is 35.5. The molecule has 132 valence electrons. The average molecular weight is 360 g/mol. The van der Waals surface area contributed by atoms with Gasteiger partial charge in [-0.2, -0.15) is 5.10 Å². The van der Waals surface area contributed by atoms with Gasteiger partial charge >= 0.3 is 6.03 Å². The number of hydrogen-bond donors (Lipinski definition) is 1. The molecule has 2 aliphatic rings. The maximum absolute atomic E-state index is 12.7. The summed E-state index contributed by atoms with van der Waals surface area (Å²) < 4.78 is 1.77. The molecule has 1 atom stereocenters. The smallest absolute Gasteiger partial charge is 0.322 e. The van der Waals surface area contributed by atoms with Crippen molar-refractivity contribution in [2.75, 3.05) is 31.5 Å². The number of amides is 2. The minimum atomic E-state index is -0.0486. The normalized spacial score (nSPS) is 20.5. The van der Waals surface area contributed by atoms with Gasteiger partial charge in [0.2, 0.25) is 0 Å². The SMILES string of the molecule is O=C(Nc1ccnn1Cc1ccccc1Cl)N1CCN2CCC[C@@H]2C1. The average Bonchev–Trinajstić information content (AvgIpc) is 3.25. The van der Waals surface area contributed by atoms with Crippen LogP contribution in [0, 0.1) is 0 Å². The van der Waals surface area contributed by atoms with E-state index in [9.17, 15) is 4.79 Å². The lowest BCUT2D eigenvalue weighted by atomic mass is 10.2. The van der Waals surface area contributed by atoms with Crippen LogP contribution in [-0.4, -0.2) is 57.8 Å². The summed E-state index contributed by atoms with van der Waals surface area (Å²) in [6, 6.07) is 9.97. The Morgan fingerprint density at radius 2 is 2.12 bits per heavy atom. The van der Waals surface area contributed by atoms with E-state index in [0.29, 0.717) is 23.4 Å². The third-order valence-electron chi connectivity index (χ3n) is 5.10. The topological polar surface area (TPSA) is 53.4 Å². The van der Waals surface area contributed by atoms with Gasteiger partial charge < -0.3 is 4.90 Å². The number of urea groups is 1.